The van der Waals surface area contributed by atoms with Gasteiger partial charge in [0.2, 0.25) is 0 Å². The standard InChI is InChI=1S/C19H30O5SSi/c1-19(2,3)26(4,5)24-16-14(20)18(25)22-13-11-21-17(23-15(13)16)12-9-7-6-8-10-12/h6-10,13-18,20,25H,11H2,1-5H3/t13?,14-,15+,16?,17?,18-/m0/s1. The summed E-state index contributed by atoms with van der Waals surface area (Å²) in [6.45, 7) is 11.3. The third-order valence-corrected chi connectivity index (χ3v) is 10.5. The maximum atomic E-state index is 10.7. The summed E-state index contributed by atoms with van der Waals surface area (Å²) in [7, 11) is -2.11. The molecule has 1 aromatic carbocycles. The molecule has 0 spiro atoms. The number of hydrogen-bond donors (Lipinski definition) is 2. The van der Waals surface area contributed by atoms with Gasteiger partial charge in [0, 0.05) is 5.56 Å². The van der Waals surface area contributed by atoms with Crippen molar-refractivity contribution >= 4 is 20.9 Å². The van der Waals surface area contributed by atoms with Crippen molar-refractivity contribution < 1.29 is 23.7 Å². The molecule has 2 aliphatic heterocycles. The molecule has 7 heteroatoms. The summed E-state index contributed by atoms with van der Waals surface area (Å²) in [6.07, 6.45) is -2.55. The Bertz CT molecular complexity index is 606. The summed E-state index contributed by atoms with van der Waals surface area (Å²) in [5, 5.41) is 10.8. The zero-order valence-corrected chi connectivity index (χ0v) is 18.0. The number of rotatable bonds is 3. The summed E-state index contributed by atoms with van der Waals surface area (Å²) in [5.41, 5.74) is 0.325. The van der Waals surface area contributed by atoms with Crippen LogP contribution in [-0.4, -0.2) is 49.9 Å². The fourth-order valence-corrected chi connectivity index (χ4v) is 4.64. The van der Waals surface area contributed by atoms with E-state index in [0.717, 1.165) is 5.56 Å². The van der Waals surface area contributed by atoms with Gasteiger partial charge in [0.1, 0.15) is 29.9 Å². The van der Waals surface area contributed by atoms with E-state index >= 15 is 0 Å². The number of ether oxygens (including phenoxy) is 3. The molecule has 0 aliphatic carbocycles. The lowest BCUT2D eigenvalue weighted by Gasteiger charge is -2.50. The summed E-state index contributed by atoms with van der Waals surface area (Å²) in [4.78, 5) is 0. The number of thiol groups is 1. The Morgan fingerprint density at radius 2 is 1.81 bits per heavy atom. The minimum Gasteiger partial charge on any atom is -0.408 e. The van der Waals surface area contributed by atoms with Crippen LogP contribution in [0.15, 0.2) is 30.3 Å². The van der Waals surface area contributed by atoms with Crippen LogP contribution in [0.3, 0.4) is 0 Å². The van der Waals surface area contributed by atoms with Crippen molar-refractivity contribution in [1.29, 1.82) is 0 Å². The second kappa shape index (κ2) is 7.54. The van der Waals surface area contributed by atoms with Crippen LogP contribution < -0.4 is 0 Å². The topological polar surface area (TPSA) is 57.2 Å². The summed E-state index contributed by atoms with van der Waals surface area (Å²) in [5.74, 6) is 0. The van der Waals surface area contributed by atoms with Gasteiger partial charge in [-0.1, -0.05) is 51.1 Å². The molecule has 6 atom stereocenters. The van der Waals surface area contributed by atoms with Crippen LogP contribution in [0.25, 0.3) is 0 Å². The van der Waals surface area contributed by atoms with Crippen molar-refractivity contribution in [3.05, 3.63) is 35.9 Å². The fraction of sp³-hybridized carbons (Fsp3) is 0.684. The van der Waals surface area contributed by atoms with Gasteiger partial charge in [-0.2, -0.15) is 0 Å². The number of fused-ring (bicyclic) bond motifs is 1. The second-order valence-electron chi connectivity index (χ2n) is 8.58. The van der Waals surface area contributed by atoms with E-state index in [-0.39, 0.29) is 11.1 Å². The van der Waals surface area contributed by atoms with Crippen molar-refractivity contribution in [2.45, 2.75) is 75.0 Å². The van der Waals surface area contributed by atoms with Crippen molar-refractivity contribution in [3.63, 3.8) is 0 Å². The SMILES string of the molecule is CC(C)(C)[Si](C)(C)OC1[C@@H]2OC(c3ccccc3)OCC2O[C@@H](S)[C@H]1O. The molecule has 0 radical (unpaired) electrons. The second-order valence-corrected chi connectivity index (χ2v) is 13.8. The van der Waals surface area contributed by atoms with Gasteiger partial charge in [-0.25, -0.2) is 0 Å². The first kappa shape index (κ1) is 20.3. The van der Waals surface area contributed by atoms with Gasteiger partial charge in [0.15, 0.2) is 14.6 Å². The highest BCUT2D eigenvalue weighted by Crippen LogP contribution is 2.42. The first-order valence-corrected chi connectivity index (χ1v) is 12.5. The van der Waals surface area contributed by atoms with E-state index in [1.165, 1.54) is 0 Å². The monoisotopic (exact) mass is 398 g/mol. The molecule has 3 rings (SSSR count). The molecule has 1 N–H and O–H groups in total. The number of benzene rings is 1. The Labute approximate surface area is 162 Å². The van der Waals surface area contributed by atoms with E-state index < -0.39 is 38.4 Å². The molecule has 5 nitrogen and oxygen atoms in total. The van der Waals surface area contributed by atoms with Crippen LogP contribution in [0.5, 0.6) is 0 Å². The van der Waals surface area contributed by atoms with E-state index in [1.54, 1.807) is 0 Å². The Morgan fingerprint density at radius 1 is 1.15 bits per heavy atom. The van der Waals surface area contributed by atoms with Crippen molar-refractivity contribution in [2.75, 3.05) is 6.61 Å². The molecule has 26 heavy (non-hydrogen) atoms. The lowest BCUT2D eigenvalue weighted by Crippen LogP contribution is -2.64. The molecule has 2 fully saturated rings. The van der Waals surface area contributed by atoms with Gasteiger partial charge in [-0.05, 0) is 18.1 Å². The molecule has 2 heterocycles. The van der Waals surface area contributed by atoms with E-state index in [9.17, 15) is 5.11 Å². The molecular formula is C19H30O5SSi. The molecule has 0 saturated carbocycles. The Morgan fingerprint density at radius 3 is 2.42 bits per heavy atom. The normalized spacial score (nSPS) is 35.8. The minimum absolute atomic E-state index is 0.0244. The van der Waals surface area contributed by atoms with Gasteiger partial charge >= 0.3 is 0 Å². The van der Waals surface area contributed by atoms with Crippen LogP contribution in [-0.2, 0) is 18.6 Å². The highest BCUT2D eigenvalue weighted by atomic mass is 32.1. The van der Waals surface area contributed by atoms with Crippen molar-refractivity contribution in [3.8, 4) is 0 Å². The van der Waals surface area contributed by atoms with Gasteiger partial charge < -0.3 is 23.7 Å². The van der Waals surface area contributed by atoms with Gasteiger partial charge in [0.25, 0.3) is 0 Å². The van der Waals surface area contributed by atoms with Crippen LogP contribution >= 0.6 is 12.6 Å². The lowest BCUT2D eigenvalue weighted by atomic mass is 9.99. The van der Waals surface area contributed by atoms with Crippen molar-refractivity contribution in [1.82, 2.24) is 0 Å². The maximum Gasteiger partial charge on any atom is 0.192 e. The Hall–Kier alpha value is -0.413. The quantitative estimate of drug-likeness (QED) is 0.603. The molecule has 0 amide bonds. The third-order valence-electron chi connectivity index (χ3n) is 5.63. The summed E-state index contributed by atoms with van der Waals surface area (Å²) >= 11 is 4.40. The van der Waals surface area contributed by atoms with Gasteiger partial charge in [-0.15, -0.1) is 12.6 Å². The summed E-state index contributed by atoms with van der Waals surface area (Å²) in [6, 6.07) is 9.80. The minimum atomic E-state index is -2.11. The highest BCUT2D eigenvalue weighted by molar-refractivity contribution is 7.80. The molecule has 146 valence electrons. The summed E-state index contributed by atoms with van der Waals surface area (Å²) < 4.78 is 24.5. The number of aliphatic hydroxyl groups excluding tert-OH is 1. The van der Waals surface area contributed by atoms with Crippen LogP contribution in [0, 0.1) is 0 Å². The Kier molecular flexibility index (Phi) is 5.90. The van der Waals surface area contributed by atoms with Crippen LogP contribution in [0.4, 0.5) is 0 Å². The zero-order valence-electron chi connectivity index (χ0n) is 16.1. The van der Waals surface area contributed by atoms with Gasteiger partial charge in [-0.3, -0.25) is 0 Å². The molecule has 0 aromatic heterocycles. The lowest BCUT2D eigenvalue weighted by molar-refractivity contribution is -0.316. The average Bonchev–Trinajstić information content (AvgIpc) is 2.58. The van der Waals surface area contributed by atoms with Crippen molar-refractivity contribution in [2.24, 2.45) is 0 Å². The van der Waals surface area contributed by atoms with Crippen LogP contribution in [0.2, 0.25) is 18.1 Å². The van der Waals surface area contributed by atoms with E-state index in [2.05, 4.69) is 46.5 Å². The first-order chi connectivity index (χ1) is 12.1. The first-order valence-electron chi connectivity index (χ1n) is 9.11. The third kappa shape index (κ3) is 4.04. The molecule has 0 bridgehead atoms. The average molecular weight is 399 g/mol. The van der Waals surface area contributed by atoms with E-state index in [4.69, 9.17) is 18.6 Å². The van der Waals surface area contributed by atoms with E-state index in [1.807, 2.05) is 30.3 Å². The molecular weight excluding hydrogens is 368 g/mol. The van der Waals surface area contributed by atoms with E-state index in [0.29, 0.717) is 6.61 Å². The predicted molar refractivity (Wildman–Crippen MR) is 106 cm³/mol. The number of aliphatic hydroxyl groups is 1. The van der Waals surface area contributed by atoms with Crippen LogP contribution in [0.1, 0.15) is 32.6 Å². The smallest absolute Gasteiger partial charge is 0.192 e. The zero-order chi connectivity index (χ0) is 19.1. The predicted octanol–water partition coefficient (Wildman–Crippen LogP) is 3.51. The number of hydrogen-bond acceptors (Lipinski definition) is 6. The maximum absolute atomic E-state index is 10.7. The molecule has 2 aliphatic rings. The molecule has 3 unspecified atom stereocenters. The molecule has 2 saturated heterocycles. The highest BCUT2D eigenvalue weighted by Gasteiger charge is 2.52. The Balaban J connectivity index is 1.83. The van der Waals surface area contributed by atoms with Gasteiger partial charge in [0.05, 0.1) is 6.61 Å². The molecule has 1 aromatic rings. The fourth-order valence-electron chi connectivity index (χ4n) is 3.01. The largest absolute Gasteiger partial charge is 0.408 e.